The van der Waals surface area contributed by atoms with Gasteiger partial charge in [-0.3, -0.25) is 4.79 Å². The molecule has 12 heteroatoms. The number of anilines is 1. The van der Waals surface area contributed by atoms with E-state index in [1.54, 1.807) is 42.5 Å². The van der Waals surface area contributed by atoms with E-state index in [4.69, 9.17) is 33.2 Å². The number of carbonyl (C=O) groups excluding carboxylic acids is 1. The molecule has 0 unspecified atom stereocenters. The SMILES string of the molecule is COc1cc(OC)c(C=CS(=O)(=O)Cc2ccc(OC)c(NC=CC(=O)c3cc(OC)c(OC)c(OC)c3)c2)c(OC)c1. The van der Waals surface area contributed by atoms with Crippen LogP contribution in [0.1, 0.15) is 21.5 Å². The fraction of sp³-hybridized carbons (Fsp3) is 0.258. The summed E-state index contributed by atoms with van der Waals surface area (Å²) >= 11 is 0. The highest BCUT2D eigenvalue weighted by Crippen LogP contribution is 2.38. The van der Waals surface area contributed by atoms with E-state index >= 15 is 0 Å². The summed E-state index contributed by atoms with van der Waals surface area (Å²) < 4.78 is 63.4. The van der Waals surface area contributed by atoms with Crippen LogP contribution in [0.15, 0.2) is 60.1 Å². The molecule has 0 bridgehead atoms. The van der Waals surface area contributed by atoms with Crippen LogP contribution in [0.3, 0.4) is 0 Å². The summed E-state index contributed by atoms with van der Waals surface area (Å²) in [7, 11) is 6.62. The average molecular weight is 614 g/mol. The number of ether oxygens (including phenoxy) is 7. The Hall–Kier alpha value is -4.84. The lowest BCUT2D eigenvalue weighted by molar-refractivity contribution is 0.104. The second-order valence-electron chi connectivity index (χ2n) is 8.85. The minimum Gasteiger partial charge on any atom is -0.496 e. The molecule has 0 aliphatic rings. The summed E-state index contributed by atoms with van der Waals surface area (Å²) in [6.07, 6.45) is 4.18. The quantitative estimate of drug-likeness (QED) is 0.181. The Kier molecular flexibility index (Phi) is 11.3. The fourth-order valence-corrected chi connectivity index (χ4v) is 5.22. The van der Waals surface area contributed by atoms with Crippen molar-refractivity contribution < 1.29 is 46.4 Å². The van der Waals surface area contributed by atoms with Crippen LogP contribution in [0.5, 0.6) is 40.2 Å². The van der Waals surface area contributed by atoms with Crippen LogP contribution in [0, 0.1) is 0 Å². The zero-order valence-electron chi connectivity index (χ0n) is 25.0. The van der Waals surface area contributed by atoms with Gasteiger partial charge in [-0.15, -0.1) is 0 Å². The summed E-state index contributed by atoms with van der Waals surface area (Å²) in [5, 5.41) is 4.10. The second kappa shape index (κ2) is 14.9. The van der Waals surface area contributed by atoms with Gasteiger partial charge in [0.2, 0.25) is 5.75 Å². The summed E-state index contributed by atoms with van der Waals surface area (Å²) in [4.78, 5) is 12.9. The maximum atomic E-state index is 13.0. The van der Waals surface area contributed by atoms with Gasteiger partial charge in [-0.25, -0.2) is 8.42 Å². The molecule has 0 atom stereocenters. The smallest absolute Gasteiger partial charge is 0.203 e. The Labute approximate surface area is 251 Å². The molecule has 11 nitrogen and oxygen atoms in total. The van der Waals surface area contributed by atoms with Gasteiger partial charge in [0, 0.05) is 35.4 Å². The number of hydrogen-bond donors (Lipinski definition) is 1. The summed E-state index contributed by atoms with van der Waals surface area (Å²) in [5.41, 5.74) is 1.72. The predicted molar refractivity (Wildman–Crippen MR) is 164 cm³/mol. The Balaban J connectivity index is 1.81. The normalized spacial score (nSPS) is 11.3. The maximum Gasteiger partial charge on any atom is 0.203 e. The van der Waals surface area contributed by atoms with Gasteiger partial charge in [-0.05, 0) is 35.9 Å². The van der Waals surface area contributed by atoms with Gasteiger partial charge in [0.15, 0.2) is 27.1 Å². The molecule has 43 heavy (non-hydrogen) atoms. The monoisotopic (exact) mass is 613 g/mol. The van der Waals surface area contributed by atoms with E-state index < -0.39 is 9.84 Å². The van der Waals surface area contributed by atoms with E-state index in [1.165, 1.54) is 68.1 Å². The van der Waals surface area contributed by atoms with Gasteiger partial charge in [0.1, 0.15) is 23.0 Å². The third-order valence-electron chi connectivity index (χ3n) is 6.25. The number of hydrogen-bond acceptors (Lipinski definition) is 11. The first-order chi connectivity index (χ1) is 20.6. The van der Waals surface area contributed by atoms with Crippen LogP contribution in [-0.4, -0.2) is 64.0 Å². The van der Waals surface area contributed by atoms with Crippen LogP contribution in [-0.2, 0) is 15.6 Å². The molecule has 0 spiro atoms. The van der Waals surface area contributed by atoms with Gasteiger partial charge in [0.25, 0.3) is 0 Å². The summed E-state index contributed by atoms with van der Waals surface area (Å²) in [6, 6.07) is 11.3. The van der Waals surface area contributed by atoms with Crippen molar-refractivity contribution in [1.82, 2.24) is 0 Å². The van der Waals surface area contributed by atoms with Crippen molar-refractivity contribution in [2.75, 3.05) is 55.1 Å². The minimum absolute atomic E-state index is 0.295. The van der Waals surface area contributed by atoms with Crippen molar-refractivity contribution in [2.24, 2.45) is 0 Å². The van der Waals surface area contributed by atoms with Crippen molar-refractivity contribution in [2.45, 2.75) is 5.75 Å². The number of carbonyl (C=O) groups is 1. The van der Waals surface area contributed by atoms with Gasteiger partial charge in [0.05, 0.1) is 66.8 Å². The Morgan fingerprint density at radius 2 is 1.30 bits per heavy atom. The molecule has 0 saturated carbocycles. The van der Waals surface area contributed by atoms with E-state index in [0.717, 1.165) is 5.41 Å². The highest BCUT2D eigenvalue weighted by molar-refractivity contribution is 7.93. The van der Waals surface area contributed by atoms with Crippen LogP contribution >= 0.6 is 0 Å². The Morgan fingerprint density at radius 3 is 1.81 bits per heavy atom. The van der Waals surface area contributed by atoms with Crippen LogP contribution in [0.25, 0.3) is 6.08 Å². The minimum atomic E-state index is -3.72. The third kappa shape index (κ3) is 8.13. The maximum absolute atomic E-state index is 13.0. The van der Waals surface area contributed by atoms with Crippen molar-refractivity contribution >= 4 is 27.4 Å². The van der Waals surface area contributed by atoms with Crippen molar-refractivity contribution in [3.63, 3.8) is 0 Å². The number of benzene rings is 3. The van der Waals surface area contributed by atoms with Crippen LogP contribution < -0.4 is 38.5 Å². The number of sulfone groups is 1. The molecule has 0 radical (unpaired) electrons. The molecule has 0 aliphatic heterocycles. The molecule has 3 rings (SSSR count). The summed E-state index contributed by atoms with van der Waals surface area (Å²) in [5.74, 6) is 2.19. The standard InChI is InChI=1S/C31H35NO10S/c1-36-22-17-27(38-3)23(28(18-22)39-4)11-13-43(34,35)19-20-8-9-26(37-2)24(14-20)32-12-10-25(33)21-15-29(40-5)31(42-7)30(16-21)41-6/h8-18,32H,19H2,1-7H3. The average Bonchev–Trinajstić information content (AvgIpc) is 3.02. The van der Waals surface area contributed by atoms with Gasteiger partial charge < -0.3 is 38.5 Å². The highest BCUT2D eigenvalue weighted by Gasteiger charge is 2.17. The predicted octanol–water partition coefficient (Wildman–Crippen LogP) is 5.14. The second-order valence-corrected chi connectivity index (χ2v) is 10.7. The summed E-state index contributed by atoms with van der Waals surface area (Å²) in [6.45, 7) is 0. The lowest BCUT2D eigenvalue weighted by Gasteiger charge is -2.13. The lowest BCUT2D eigenvalue weighted by Crippen LogP contribution is -2.03. The first-order valence-corrected chi connectivity index (χ1v) is 14.5. The van der Waals surface area contributed by atoms with Gasteiger partial charge >= 0.3 is 0 Å². The van der Waals surface area contributed by atoms with Crippen molar-refractivity contribution in [1.29, 1.82) is 0 Å². The van der Waals surface area contributed by atoms with Crippen molar-refractivity contribution in [3.8, 4) is 40.2 Å². The molecule has 0 heterocycles. The van der Waals surface area contributed by atoms with Crippen LogP contribution in [0.4, 0.5) is 5.69 Å². The number of methoxy groups -OCH3 is 7. The van der Waals surface area contributed by atoms with E-state index in [-0.39, 0.29) is 11.5 Å². The van der Waals surface area contributed by atoms with E-state index in [9.17, 15) is 13.2 Å². The number of rotatable bonds is 15. The largest absolute Gasteiger partial charge is 0.496 e. The highest BCUT2D eigenvalue weighted by atomic mass is 32.2. The molecule has 0 aromatic heterocycles. The van der Waals surface area contributed by atoms with E-state index in [1.807, 2.05) is 0 Å². The molecular weight excluding hydrogens is 578 g/mol. The Bertz CT molecular complexity index is 1560. The number of ketones is 1. The third-order valence-corrected chi connectivity index (χ3v) is 7.54. The zero-order chi connectivity index (χ0) is 31.6. The van der Waals surface area contributed by atoms with Crippen LogP contribution in [0.2, 0.25) is 0 Å². The van der Waals surface area contributed by atoms with Gasteiger partial charge in [-0.1, -0.05) is 6.07 Å². The van der Waals surface area contributed by atoms with Gasteiger partial charge in [-0.2, -0.15) is 0 Å². The molecule has 0 fully saturated rings. The lowest BCUT2D eigenvalue weighted by atomic mass is 10.1. The topological polar surface area (TPSA) is 128 Å². The number of allylic oxidation sites excluding steroid dienone is 1. The molecule has 230 valence electrons. The fourth-order valence-electron chi connectivity index (χ4n) is 4.13. The Morgan fingerprint density at radius 1 is 0.721 bits per heavy atom. The van der Waals surface area contributed by atoms with E-state index in [2.05, 4.69) is 5.32 Å². The van der Waals surface area contributed by atoms with E-state index in [0.29, 0.717) is 62.6 Å². The molecule has 0 saturated heterocycles. The molecule has 1 N–H and O–H groups in total. The molecule has 3 aromatic rings. The zero-order valence-corrected chi connectivity index (χ0v) is 25.9. The number of nitrogens with one attached hydrogen (secondary N) is 1. The molecule has 3 aromatic carbocycles. The first-order valence-electron chi connectivity index (χ1n) is 12.8. The van der Waals surface area contributed by atoms with Crippen molar-refractivity contribution in [3.05, 3.63) is 76.8 Å². The molecule has 0 aliphatic carbocycles. The molecule has 0 amide bonds. The molecular formula is C31H35NO10S. The first kappa shape index (κ1) is 32.7.